The van der Waals surface area contributed by atoms with E-state index in [-0.39, 0.29) is 11.5 Å². The molecule has 0 N–H and O–H groups in total. The van der Waals surface area contributed by atoms with Crippen LogP contribution in [0.3, 0.4) is 0 Å². The second-order valence-electron chi connectivity index (χ2n) is 8.24. The quantitative estimate of drug-likeness (QED) is 0.796. The minimum absolute atomic E-state index is 0.144. The van der Waals surface area contributed by atoms with Crippen molar-refractivity contribution in [1.29, 1.82) is 0 Å². The highest BCUT2D eigenvalue weighted by molar-refractivity contribution is 5.76. The molecule has 1 amide bonds. The van der Waals surface area contributed by atoms with Crippen molar-refractivity contribution in [3.8, 4) is 0 Å². The van der Waals surface area contributed by atoms with Gasteiger partial charge < -0.3 is 14.5 Å². The number of anilines is 1. The number of hydrogen-bond acceptors (Lipinski definition) is 6. The number of carbonyl (C=O) groups excluding carboxylic acids is 1. The van der Waals surface area contributed by atoms with E-state index in [0.29, 0.717) is 26.1 Å². The van der Waals surface area contributed by atoms with E-state index in [1.54, 1.807) is 0 Å². The van der Waals surface area contributed by atoms with E-state index in [9.17, 15) is 4.79 Å². The highest BCUT2D eigenvalue weighted by atomic mass is 16.5. The van der Waals surface area contributed by atoms with Crippen LogP contribution in [0.15, 0.2) is 24.3 Å². The maximum absolute atomic E-state index is 12.7. The maximum atomic E-state index is 12.7. The second kappa shape index (κ2) is 8.06. The van der Waals surface area contributed by atoms with Crippen LogP contribution in [-0.2, 0) is 16.1 Å². The van der Waals surface area contributed by atoms with Crippen molar-refractivity contribution in [3.63, 3.8) is 0 Å². The van der Waals surface area contributed by atoms with Crippen LogP contribution in [0.2, 0.25) is 0 Å². The Morgan fingerprint density at radius 2 is 1.76 bits per heavy atom. The fraction of sp³-hybridized carbons (Fsp3) is 0.545. The molecule has 0 radical (unpaired) electrons. The Kier molecular flexibility index (Phi) is 5.50. The van der Waals surface area contributed by atoms with E-state index >= 15 is 0 Å². The lowest BCUT2D eigenvalue weighted by Gasteiger charge is -2.42. The molecule has 7 nitrogen and oxygen atoms in total. The third-order valence-corrected chi connectivity index (χ3v) is 5.78. The summed E-state index contributed by atoms with van der Waals surface area (Å²) in [6.07, 6.45) is 2.14. The van der Waals surface area contributed by atoms with Crippen molar-refractivity contribution in [2.75, 3.05) is 31.1 Å². The third kappa shape index (κ3) is 4.56. The van der Waals surface area contributed by atoms with E-state index in [1.807, 2.05) is 49.9 Å². The molecule has 2 aliphatic heterocycles. The molecule has 4 heterocycles. The standard InChI is InChI=1S/C22H29N5O2/c1-16-5-4-6-19(23-16)14-27-15-22(29-12-7-20(27)28)8-10-26(11-9-22)21-24-17(2)13-18(3)25-21/h4-6,13H,7-12,14-15H2,1-3H3. The zero-order valence-electron chi connectivity index (χ0n) is 17.5. The number of nitrogens with zero attached hydrogens (tertiary/aromatic N) is 5. The summed E-state index contributed by atoms with van der Waals surface area (Å²) < 4.78 is 6.27. The first-order chi connectivity index (χ1) is 13.9. The van der Waals surface area contributed by atoms with Gasteiger partial charge in [-0.05, 0) is 51.8 Å². The Bertz CT molecular complexity index is 872. The molecule has 0 unspecified atom stereocenters. The number of aryl methyl sites for hydroxylation is 3. The van der Waals surface area contributed by atoms with Crippen LogP contribution in [0.25, 0.3) is 0 Å². The van der Waals surface area contributed by atoms with Gasteiger partial charge in [0.2, 0.25) is 11.9 Å². The first-order valence-corrected chi connectivity index (χ1v) is 10.3. The fourth-order valence-electron chi connectivity index (χ4n) is 4.29. The summed E-state index contributed by atoms with van der Waals surface area (Å²) in [5, 5.41) is 0. The van der Waals surface area contributed by atoms with Crippen LogP contribution in [0, 0.1) is 20.8 Å². The number of rotatable bonds is 3. The number of hydrogen-bond donors (Lipinski definition) is 0. The van der Waals surface area contributed by atoms with Crippen LogP contribution in [-0.4, -0.2) is 57.6 Å². The van der Waals surface area contributed by atoms with Gasteiger partial charge in [-0.3, -0.25) is 9.78 Å². The Hall–Kier alpha value is -2.54. The van der Waals surface area contributed by atoms with Crippen LogP contribution in [0.5, 0.6) is 0 Å². The van der Waals surface area contributed by atoms with Crippen molar-refractivity contribution in [2.24, 2.45) is 0 Å². The number of ether oxygens (including phenoxy) is 1. The molecule has 2 aromatic heterocycles. The molecule has 0 aromatic carbocycles. The number of carbonyl (C=O) groups is 1. The second-order valence-corrected chi connectivity index (χ2v) is 8.24. The highest BCUT2D eigenvalue weighted by Gasteiger charge is 2.41. The SMILES string of the molecule is Cc1cccc(CN2CC3(CCN(c4nc(C)cc(C)n4)CC3)OCCC2=O)n1. The van der Waals surface area contributed by atoms with E-state index in [1.165, 1.54) is 0 Å². The van der Waals surface area contributed by atoms with Crippen molar-refractivity contribution < 1.29 is 9.53 Å². The molecule has 4 rings (SSSR count). The topological polar surface area (TPSA) is 71.5 Å². The molecule has 0 bridgehead atoms. The van der Waals surface area contributed by atoms with Gasteiger partial charge >= 0.3 is 0 Å². The summed E-state index contributed by atoms with van der Waals surface area (Å²) in [6, 6.07) is 7.95. The third-order valence-electron chi connectivity index (χ3n) is 5.78. The van der Waals surface area contributed by atoms with Gasteiger partial charge in [0, 0.05) is 30.2 Å². The molecule has 154 valence electrons. The summed E-state index contributed by atoms with van der Waals surface area (Å²) in [5.41, 5.74) is 3.57. The molecule has 0 saturated carbocycles. The number of piperidine rings is 1. The van der Waals surface area contributed by atoms with Gasteiger partial charge in [0.25, 0.3) is 0 Å². The fourth-order valence-corrected chi connectivity index (χ4v) is 4.29. The summed E-state index contributed by atoms with van der Waals surface area (Å²) >= 11 is 0. The number of amides is 1. The highest BCUT2D eigenvalue weighted by Crippen LogP contribution is 2.32. The molecule has 0 aliphatic carbocycles. The summed E-state index contributed by atoms with van der Waals surface area (Å²) in [4.78, 5) is 30.6. The van der Waals surface area contributed by atoms with Crippen molar-refractivity contribution in [3.05, 3.63) is 47.0 Å². The van der Waals surface area contributed by atoms with Crippen LogP contribution in [0.1, 0.15) is 42.0 Å². The van der Waals surface area contributed by atoms with Gasteiger partial charge in [-0.2, -0.15) is 0 Å². The lowest BCUT2D eigenvalue weighted by atomic mass is 9.90. The predicted octanol–water partition coefficient (Wildman–Crippen LogP) is 2.58. The van der Waals surface area contributed by atoms with Crippen molar-refractivity contribution in [1.82, 2.24) is 19.9 Å². The summed E-state index contributed by atoms with van der Waals surface area (Å²) in [7, 11) is 0. The lowest BCUT2D eigenvalue weighted by molar-refractivity contribution is -0.132. The molecule has 2 fully saturated rings. The Labute approximate surface area is 172 Å². The maximum Gasteiger partial charge on any atom is 0.225 e. The average Bonchev–Trinajstić information content (AvgIpc) is 2.81. The molecule has 2 saturated heterocycles. The van der Waals surface area contributed by atoms with E-state index in [2.05, 4.69) is 19.9 Å². The van der Waals surface area contributed by atoms with Gasteiger partial charge in [-0.15, -0.1) is 0 Å². The smallest absolute Gasteiger partial charge is 0.225 e. The molecule has 7 heteroatoms. The van der Waals surface area contributed by atoms with E-state index in [4.69, 9.17) is 4.74 Å². The van der Waals surface area contributed by atoms with E-state index < -0.39 is 0 Å². The Morgan fingerprint density at radius 3 is 2.45 bits per heavy atom. The average molecular weight is 396 g/mol. The molecule has 1 spiro atoms. The van der Waals surface area contributed by atoms with Gasteiger partial charge in [-0.25, -0.2) is 9.97 Å². The van der Waals surface area contributed by atoms with Gasteiger partial charge in [0.05, 0.1) is 37.4 Å². The van der Waals surface area contributed by atoms with Gasteiger partial charge in [0.15, 0.2) is 0 Å². The number of aromatic nitrogens is 3. The first-order valence-electron chi connectivity index (χ1n) is 10.3. The Morgan fingerprint density at radius 1 is 1.03 bits per heavy atom. The zero-order valence-corrected chi connectivity index (χ0v) is 17.5. The van der Waals surface area contributed by atoms with Gasteiger partial charge in [0.1, 0.15) is 0 Å². The molecule has 0 atom stereocenters. The zero-order chi connectivity index (χ0) is 20.4. The molecule has 2 aliphatic rings. The van der Waals surface area contributed by atoms with Crippen LogP contribution >= 0.6 is 0 Å². The van der Waals surface area contributed by atoms with Crippen molar-refractivity contribution in [2.45, 2.75) is 52.2 Å². The summed E-state index contributed by atoms with van der Waals surface area (Å²) in [5.74, 6) is 0.938. The Balaban J connectivity index is 1.47. The predicted molar refractivity (Wildman–Crippen MR) is 111 cm³/mol. The molecule has 29 heavy (non-hydrogen) atoms. The largest absolute Gasteiger partial charge is 0.372 e. The first kappa shape index (κ1) is 19.8. The van der Waals surface area contributed by atoms with Gasteiger partial charge in [-0.1, -0.05) is 6.07 Å². The lowest BCUT2D eigenvalue weighted by Crippen LogP contribution is -2.52. The molecular weight excluding hydrogens is 366 g/mol. The summed E-state index contributed by atoms with van der Waals surface area (Å²) in [6.45, 7) is 9.27. The molecular formula is C22H29N5O2. The van der Waals surface area contributed by atoms with Crippen molar-refractivity contribution >= 4 is 11.9 Å². The monoisotopic (exact) mass is 395 g/mol. The minimum Gasteiger partial charge on any atom is -0.372 e. The minimum atomic E-state index is -0.300. The molecule has 2 aromatic rings. The number of pyridine rings is 1. The van der Waals surface area contributed by atoms with Crippen LogP contribution in [0.4, 0.5) is 5.95 Å². The van der Waals surface area contributed by atoms with Crippen LogP contribution < -0.4 is 4.90 Å². The van der Waals surface area contributed by atoms with E-state index in [0.717, 1.165) is 54.7 Å². The normalized spacial score (nSPS) is 19.5.